The number of carbonyl (C=O) groups is 1. The topological polar surface area (TPSA) is 78.1 Å². The average molecular weight is 446 g/mol. The van der Waals surface area contributed by atoms with Gasteiger partial charge in [0, 0.05) is 24.5 Å². The van der Waals surface area contributed by atoms with E-state index in [-0.39, 0.29) is 17.7 Å². The first-order valence-electron chi connectivity index (χ1n) is 10.4. The second kappa shape index (κ2) is 7.64. The quantitative estimate of drug-likeness (QED) is 0.573. The van der Waals surface area contributed by atoms with Gasteiger partial charge in [0.1, 0.15) is 42.5 Å². The summed E-state index contributed by atoms with van der Waals surface area (Å²) in [6, 6.07) is 5.56. The smallest absolute Gasteiger partial charge is 0.408 e. The number of alkyl halides is 3. The van der Waals surface area contributed by atoms with Crippen LogP contribution in [0.2, 0.25) is 0 Å². The molecule has 11 heteroatoms. The molecule has 0 saturated carbocycles. The van der Waals surface area contributed by atoms with Gasteiger partial charge in [0.25, 0.3) is 0 Å². The van der Waals surface area contributed by atoms with E-state index in [9.17, 15) is 18.0 Å². The molecule has 0 radical (unpaired) electrons. The van der Waals surface area contributed by atoms with E-state index in [1.165, 1.54) is 0 Å². The van der Waals surface area contributed by atoms with E-state index in [4.69, 9.17) is 4.74 Å². The fourth-order valence-electron chi connectivity index (χ4n) is 4.34. The minimum absolute atomic E-state index is 0.0744. The summed E-state index contributed by atoms with van der Waals surface area (Å²) >= 11 is 0. The first kappa shape index (κ1) is 20.5. The van der Waals surface area contributed by atoms with Crippen LogP contribution in [-0.2, 0) is 17.9 Å². The molecular formula is C21H21F3N6O2. The Bertz CT molecular complexity index is 1170. The molecule has 168 valence electrons. The lowest BCUT2D eigenvalue weighted by Crippen LogP contribution is -2.30. The third-order valence-electron chi connectivity index (χ3n) is 5.70. The van der Waals surface area contributed by atoms with Gasteiger partial charge in [0.2, 0.25) is 0 Å². The molecule has 8 nitrogen and oxygen atoms in total. The van der Waals surface area contributed by atoms with Crippen LogP contribution in [0.3, 0.4) is 0 Å². The Labute approximate surface area is 181 Å². The highest BCUT2D eigenvalue weighted by atomic mass is 19.4. The lowest BCUT2D eigenvalue weighted by atomic mass is 10.1. The van der Waals surface area contributed by atoms with Crippen molar-refractivity contribution in [2.24, 2.45) is 0 Å². The molecule has 2 aromatic heterocycles. The predicted molar refractivity (Wildman–Crippen MR) is 109 cm³/mol. The van der Waals surface area contributed by atoms with Gasteiger partial charge in [0.15, 0.2) is 5.82 Å². The molecule has 0 aliphatic carbocycles. The van der Waals surface area contributed by atoms with E-state index in [2.05, 4.69) is 20.0 Å². The molecule has 0 spiro atoms. The maximum Gasteiger partial charge on any atom is 0.408 e. The summed E-state index contributed by atoms with van der Waals surface area (Å²) in [5, 5.41) is 3.89. The Hall–Kier alpha value is -3.37. The lowest BCUT2D eigenvalue weighted by Gasteiger charge is -2.23. The largest absolute Gasteiger partial charge is 0.491 e. The van der Waals surface area contributed by atoms with E-state index >= 15 is 0 Å². The standard InChI is InChI=1S/C21H21F3N6O2/c1-13-25-20(30(27-13)12-21(22,23)24)17-10-28-7-8-32-18-9-14(4-5-16(18)19(28)26-17)29-6-2-3-15(29)11-31/h4-5,9-11,15H,2-3,6-8,12H2,1H3/t15-/m0/s1. The van der Waals surface area contributed by atoms with Gasteiger partial charge in [-0.3, -0.25) is 0 Å². The third kappa shape index (κ3) is 3.71. The Kier molecular flexibility index (Phi) is 4.90. The third-order valence-corrected chi connectivity index (χ3v) is 5.70. The molecule has 2 aliphatic rings. The monoisotopic (exact) mass is 446 g/mol. The number of hydrogen-bond acceptors (Lipinski definition) is 6. The molecule has 1 saturated heterocycles. The van der Waals surface area contributed by atoms with Crippen molar-refractivity contribution in [3.63, 3.8) is 0 Å². The molecule has 4 heterocycles. The van der Waals surface area contributed by atoms with Crippen molar-refractivity contribution in [1.29, 1.82) is 0 Å². The van der Waals surface area contributed by atoms with Crippen LogP contribution in [0.15, 0.2) is 24.4 Å². The van der Waals surface area contributed by atoms with Gasteiger partial charge in [-0.05, 0) is 31.9 Å². The number of aromatic nitrogens is 5. The lowest BCUT2D eigenvalue weighted by molar-refractivity contribution is -0.142. The zero-order valence-electron chi connectivity index (χ0n) is 17.3. The summed E-state index contributed by atoms with van der Waals surface area (Å²) in [4.78, 5) is 22.2. The zero-order valence-corrected chi connectivity index (χ0v) is 17.3. The highest BCUT2D eigenvalue weighted by Gasteiger charge is 2.32. The van der Waals surface area contributed by atoms with Crippen molar-refractivity contribution in [3.05, 3.63) is 30.2 Å². The fraction of sp³-hybridized carbons (Fsp3) is 0.429. The summed E-state index contributed by atoms with van der Waals surface area (Å²) in [5.41, 5.74) is 1.96. The fourth-order valence-corrected chi connectivity index (χ4v) is 4.34. The van der Waals surface area contributed by atoms with Gasteiger partial charge < -0.3 is 19.0 Å². The summed E-state index contributed by atoms with van der Waals surface area (Å²) in [6.07, 6.45) is 0.0103. The number of nitrogens with zero attached hydrogens (tertiary/aromatic N) is 6. The van der Waals surface area contributed by atoms with Gasteiger partial charge in [-0.1, -0.05) is 0 Å². The summed E-state index contributed by atoms with van der Waals surface area (Å²) < 4.78 is 47.6. The second-order valence-electron chi connectivity index (χ2n) is 7.97. The molecular weight excluding hydrogens is 425 g/mol. The summed E-state index contributed by atoms with van der Waals surface area (Å²) in [6.45, 7) is 1.98. The molecule has 1 atom stereocenters. The number of fused-ring (bicyclic) bond motifs is 3. The van der Waals surface area contributed by atoms with E-state index < -0.39 is 12.7 Å². The number of benzene rings is 1. The van der Waals surface area contributed by atoms with Crippen molar-refractivity contribution in [1.82, 2.24) is 24.3 Å². The highest BCUT2D eigenvalue weighted by molar-refractivity contribution is 5.74. The van der Waals surface area contributed by atoms with Gasteiger partial charge in [-0.2, -0.15) is 18.3 Å². The van der Waals surface area contributed by atoms with Gasteiger partial charge in [0.05, 0.1) is 18.2 Å². The number of aldehydes is 1. The Morgan fingerprint density at radius 2 is 2.06 bits per heavy atom. The van der Waals surface area contributed by atoms with Gasteiger partial charge >= 0.3 is 6.18 Å². The molecule has 1 fully saturated rings. The van der Waals surface area contributed by atoms with E-state index in [1.54, 1.807) is 13.1 Å². The predicted octanol–water partition coefficient (Wildman–Crippen LogP) is 3.24. The van der Waals surface area contributed by atoms with Crippen LogP contribution in [0, 0.1) is 6.92 Å². The molecule has 0 unspecified atom stereocenters. The van der Waals surface area contributed by atoms with Crippen molar-refractivity contribution < 1.29 is 22.7 Å². The Morgan fingerprint density at radius 1 is 1.22 bits per heavy atom. The zero-order chi connectivity index (χ0) is 22.5. The molecule has 32 heavy (non-hydrogen) atoms. The number of carbonyl (C=O) groups excluding carboxylic acids is 1. The van der Waals surface area contributed by atoms with E-state index in [1.807, 2.05) is 22.8 Å². The van der Waals surface area contributed by atoms with Crippen LogP contribution in [0.5, 0.6) is 5.75 Å². The van der Waals surface area contributed by atoms with Crippen LogP contribution >= 0.6 is 0 Å². The summed E-state index contributed by atoms with van der Waals surface area (Å²) in [7, 11) is 0. The Morgan fingerprint density at radius 3 is 2.84 bits per heavy atom. The molecule has 5 rings (SSSR count). The molecule has 0 amide bonds. The van der Waals surface area contributed by atoms with Crippen molar-refractivity contribution in [3.8, 4) is 28.7 Å². The van der Waals surface area contributed by atoms with Gasteiger partial charge in [-0.15, -0.1) is 0 Å². The minimum atomic E-state index is -4.42. The van der Waals surface area contributed by atoms with E-state index in [0.29, 0.717) is 30.4 Å². The van der Waals surface area contributed by atoms with Crippen LogP contribution < -0.4 is 9.64 Å². The molecule has 1 aromatic carbocycles. The van der Waals surface area contributed by atoms with Crippen LogP contribution in [0.4, 0.5) is 18.9 Å². The maximum atomic E-state index is 13.0. The second-order valence-corrected chi connectivity index (χ2v) is 7.97. The number of hydrogen-bond donors (Lipinski definition) is 0. The van der Waals surface area contributed by atoms with Crippen LogP contribution in [0.1, 0.15) is 18.7 Å². The highest BCUT2D eigenvalue weighted by Crippen LogP contribution is 2.38. The minimum Gasteiger partial charge on any atom is -0.491 e. The number of ether oxygens (including phenoxy) is 1. The van der Waals surface area contributed by atoms with Crippen molar-refractivity contribution in [2.45, 2.75) is 45.1 Å². The number of aryl methyl sites for hydroxylation is 1. The normalized spacial score (nSPS) is 18.1. The number of halogens is 3. The Balaban J connectivity index is 1.53. The SMILES string of the molecule is Cc1nc(-c2cn3c(n2)-c2ccc(N4CCC[C@H]4C=O)cc2OCC3)n(CC(F)(F)F)n1. The molecule has 3 aromatic rings. The van der Waals surface area contributed by atoms with Crippen molar-refractivity contribution >= 4 is 12.0 Å². The van der Waals surface area contributed by atoms with Crippen molar-refractivity contribution in [2.75, 3.05) is 18.1 Å². The number of anilines is 1. The maximum absolute atomic E-state index is 13.0. The molecule has 2 aliphatic heterocycles. The van der Waals surface area contributed by atoms with Gasteiger partial charge in [-0.25, -0.2) is 14.6 Å². The number of rotatable bonds is 4. The first-order valence-corrected chi connectivity index (χ1v) is 10.4. The first-order chi connectivity index (χ1) is 15.3. The average Bonchev–Trinajstić information content (AvgIpc) is 3.43. The summed E-state index contributed by atoms with van der Waals surface area (Å²) in [5.74, 6) is 1.54. The number of imidazole rings is 1. The van der Waals surface area contributed by atoms with Crippen LogP contribution in [0.25, 0.3) is 22.9 Å². The van der Waals surface area contributed by atoms with Crippen LogP contribution in [-0.4, -0.2) is 56.0 Å². The molecule has 0 N–H and O–H groups in total. The van der Waals surface area contributed by atoms with E-state index in [0.717, 1.165) is 41.6 Å². The molecule has 0 bridgehead atoms.